The lowest BCUT2D eigenvalue weighted by atomic mass is 10.3. The number of nitrogens with zero attached hydrogens (tertiary/aromatic N) is 1. The average Bonchev–Trinajstić information content (AvgIpc) is 2.15. The maximum atomic E-state index is 12.7. The molecule has 94 valence electrons. The van der Waals surface area contributed by atoms with Crippen molar-refractivity contribution in [2.24, 2.45) is 0 Å². The van der Waals surface area contributed by atoms with Gasteiger partial charge in [0.25, 0.3) is 0 Å². The first-order chi connectivity index (χ1) is 7.89. The third kappa shape index (κ3) is 5.25. The number of carbonyl (C=O) groups is 1. The number of carboxylic acid groups (broad SMARTS) is 1. The fraction of sp³-hybridized carbons (Fsp3) is 0.333. The molecule has 0 atom stereocenters. The van der Waals surface area contributed by atoms with Gasteiger partial charge in [0.2, 0.25) is 16.0 Å². The smallest absolute Gasteiger partial charge is 0.303 e. The summed E-state index contributed by atoms with van der Waals surface area (Å²) in [6, 6.07) is 3.71. The summed E-state index contributed by atoms with van der Waals surface area (Å²) in [5.74, 6) is -2.34. The summed E-state index contributed by atoms with van der Waals surface area (Å²) in [6.07, 6.45) is -0.253. The quantitative estimate of drug-likeness (QED) is 0.740. The van der Waals surface area contributed by atoms with E-state index >= 15 is 0 Å². The van der Waals surface area contributed by atoms with E-state index in [1.807, 2.05) is 0 Å². The molecule has 0 aliphatic rings. The number of nitrogens with one attached hydrogen (secondary N) is 1. The zero-order chi connectivity index (χ0) is 12.9. The van der Waals surface area contributed by atoms with Gasteiger partial charge in [-0.2, -0.15) is 4.39 Å². The third-order valence-corrected chi connectivity index (χ3v) is 3.13. The Morgan fingerprint density at radius 3 is 2.76 bits per heavy atom. The average molecular weight is 262 g/mol. The second kappa shape index (κ2) is 5.58. The van der Waals surface area contributed by atoms with Crippen LogP contribution >= 0.6 is 0 Å². The Morgan fingerprint density at radius 2 is 2.18 bits per heavy atom. The van der Waals surface area contributed by atoms with Gasteiger partial charge in [-0.05, 0) is 18.6 Å². The van der Waals surface area contributed by atoms with E-state index in [-0.39, 0.29) is 24.4 Å². The van der Waals surface area contributed by atoms with Crippen molar-refractivity contribution in [1.82, 2.24) is 4.98 Å². The van der Waals surface area contributed by atoms with E-state index in [4.69, 9.17) is 5.11 Å². The molecule has 0 aliphatic heterocycles. The van der Waals surface area contributed by atoms with Gasteiger partial charge in [-0.1, -0.05) is 6.07 Å². The van der Waals surface area contributed by atoms with Crippen LogP contribution in [0.4, 0.5) is 10.2 Å². The normalized spacial score (nSPS) is 11.1. The zero-order valence-corrected chi connectivity index (χ0v) is 9.58. The first-order valence-electron chi connectivity index (χ1n) is 4.74. The summed E-state index contributed by atoms with van der Waals surface area (Å²) in [6.45, 7) is 0. The number of halogens is 1. The SMILES string of the molecule is O=C(O)CCCS(=O)(=O)Nc1cccc(F)n1. The van der Waals surface area contributed by atoms with E-state index in [1.165, 1.54) is 12.1 Å². The number of sulfonamides is 1. The first-order valence-corrected chi connectivity index (χ1v) is 6.39. The summed E-state index contributed by atoms with van der Waals surface area (Å²) in [7, 11) is -3.69. The van der Waals surface area contributed by atoms with Crippen molar-refractivity contribution in [3.05, 3.63) is 24.1 Å². The van der Waals surface area contributed by atoms with Crippen LogP contribution in [0.5, 0.6) is 0 Å². The van der Waals surface area contributed by atoms with Crippen LogP contribution in [0.1, 0.15) is 12.8 Å². The number of pyridine rings is 1. The number of carboxylic acids is 1. The Hall–Kier alpha value is -1.70. The van der Waals surface area contributed by atoms with E-state index in [2.05, 4.69) is 9.71 Å². The summed E-state index contributed by atoms with van der Waals surface area (Å²) < 4.78 is 37.6. The molecule has 0 aliphatic carbocycles. The summed E-state index contributed by atoms with van der Waals surface area (Å²) in [5, 5.41) is 8.36. The molecule has 0 fully saturated rings. The highest BCUT2D eigenvalue weighted by molar-refractivity contribution is 7.92. The summed E-state index contributed by atoms with van der Waals surface area (Å²) >= 11 is 0. The lowest BCUT2D eigenvalue weighted by molar-refractivity contribution is -0.137. The maximum absolute atomic E-state index is 12.7. The van der Waals surface area contributed by atoms with Crippen molar-refractivity contribution < 1.29 is 22.7 Å². The molecule has 0 bridgehead atoms. The molecular formula is C9H11FN2O4S. The van der Waals surface area contributed by atoms with Crippen LogP contribution in [0.25, 0.3) is 0 Å². The highest BCUT2D eigenvalue weighted by Gasteiger charge is 2.12. The lowest BCUT2D eigenvalue weighted by Crippen LogP contribution is -2.18. The monoisotopic (exact) mass is 262 g/mol. The Bertz CT molecular complexity index is 503. The number of anilines is 1. The van der Waals surface area contributed by atoms with Gasteiger partial charge in [0, 0.05) is 6.42 Å². The second-order valence-electron chi connectivity index (χ2n) is 3.26. The van der Waals surface area contributed by atoms with Gasteiger partial charge < -0.3 is 5.11 Å². The van der Waals surface area contributed by atoms with E-state index < -0.39 is 21.9 Å². The van der Waals surface area contributed by atoms with Crippen molar-refractivity contribution >= 4 is 21.8 Å². The van der Waals surface area contributed by atoms with Gasteiger partial charge in [0.1, 0.15) is 5.82 Å². The van der Waals surface area contributed by atoms with E-state index in [1.54, 1.807) is 0 Å². The molecule has 1 rings (SSSR count). The van der Waals surface area contributed by atoms with Gasteiger partial charge in [-0.15, -0.1) is 0 Å². The van der Waals surface area contributed by atoms with Crippen molar-refractivity contribution in [3.63, 3.8) is 0 Å². The first kappa shape index (κ1) is 13.4. The lowest BCUT2D eigenvalue weighted by Gasteiger charge is -2.06. The van der Waals surface area contributed by atoms with Crippen LogP contribution in [-0.4, -0.2) is 30.2 Å². The van der Waals surface area contributed by atoms with Gasteiger partial charge in [0.15, 0.2) is 0 Å². The number of aromatic nitrogens is 1. The van der Waals surface area contributed by atoms with Crippen LogP contribution in [0.3, 0.4) is 0 Å². The molecule has 1 aromatic heterocycles. The summed E-state index contributed by atoms with van der Waals surface area (Å²) in [5.41, 5.74) is 0. The Morgan fingerprint density at radius 1 is 1.47 bits per heavy atom. The Kier molecular flexibility index (Phi) is 4.38. The predicted molar refractivity (Wildman–Crippen MR) is 58.5 cm³/mol. The van der Waals surface area contributed by atoms with Gasteiger partial charge in [0.05, 0.1) is 5.75 Å². The van der Waals surface area contributed by atoms with E-state index in [0.29, 0.717) is 0 Å². The number of rotatable bonds is 6. The van der Waals surface area contributed by atoms with Crippen LogP contribution in [0.15, 0.2) is 18.2 Å². The standard InChI is InChI=1S/C9H11FN2O4S/c10-7-3-1-4-8(11-7)12-17(15,16)6-2-5-9(13)14/h1,3-4H,2,5-6H2,(H,11,12)(H,13,14). The molecule has 8 heteroatoms. The molecule has 0 saturated carbocycles. The number of hydrogen-bond acceptors (Lipinski definition) is 4. The molecule has 0 aromatic carbocycles. The molecule has 6 nitrogen and oxygen atoms in total. The van der Waals surface area contributed by atoms with Crippen LogP contribution < -0.4 is 4.72 Å². The van der Waals surface area contributed by atoms with Crippen LogP contribution in [0.2, 0.25) is 0 Å². The van der Waals surface area contributed by atoms with Crippen LogP contribution in [-0.2, 0) is 14.8 Å². The molecule has 0 saturated heterocycles. The van der Waals surface area contributed by atoms with Crippen molar-refractivity contribution in [2.75, 3.05) is 10.5 Å². The Labute approximate surface area is 97.5 Å². The molecular weight excluding hydrogens is 251 g/mol. The van der Waals surface area contributed by atoms with E-state index in [9.17, 15) is 17.6 Å². The fourth-order valence-electron chi connectivity index (χ4n) is 1.09. The maximum Gasteiger partial charge on any atom is 0.303 e. The molecule has 0 spiro atoms. The number of aliphatic carboxylic acids is 1. The topological polar surface area (TPSA) is 96.4 Å². The minimum atomic E-state index is -3.69. The molecule has 2 N–H and O–H groups in total. The zero-order valence-electron chi connectivity index (χ0n) is 8.76. The highest BCUT2D eigenvalue weighted by atomic mass is 32.2. The minimum Gasteiger partial charge on any atom is -0.481 e. The van der Waals surface area contributed by atoms with E-state index in [0.717, 1.165) is 6.07 Å². The molecule has 1 heterocycles. The van der Waals surface area contributed by atoms with Gasteiger partial charge in [-0.25, -0.2) is 13.4 Å². The van der Waals surface area contributed by atoms with Crippen molar-refractivity contribution in [3.8, 4) is 0 Å². The second-order valence-corrected chi connectivity index (χ2v) is 5.11. The minimum absolute atomic E-state index is 0.0139. The van der Waals surface area contributed by atoms with Crippen LogP contribution in [0, 0.1) is 5.95 Å². The molecule has 1 aromatic rings. The molecule has 0 radical (unpaired) electrons. The van der Waals surface area contributed by atoms with Crippen molar-refractivity contribution in [2.45, 2.75) is 12.8 Å². The Balaban J connectivity index is 2.57. The number of hydrogen-bond donors (Lipinski definition) is 2. The molecule has 17 heavy (non-hydrogen) atoms. The fourth-order valence-corrected chi connectivity index (χ4v) is 2.15. The largest absolute Gasteiger partial charge is 0.481 e. The van der Waals surface area contributed by atoms with Crippen molar-refractivity contribution in [1.29, 1.82) is 0 Å². The summed E-state index contributed by atoms with van der Waals surface area (Å²) in [4.78, 5) is 13.5. The predicted octanol–water partition coefficient (Wildman–Crippen LogP) is 0.827. The molecule has 0 unspecified atom stereocenters. The molecule has 0 amide bonds. The highest BCUT2D eigenvalue weighted by Crippen LogP contribution is 2.07. The van der Waals surface area contributed by atoms with Gasteiger partial charge in [-0.3, -0.25) is 9.52 Å². The third-order valence-electron chi connectivity index (χ3n) is 1.78. The van der Waals surface area contributed by atoms with Gasteiger partial charge >= 0.3 is 5.97 Å².